The normalized spacial score (nSPS) is 13.5. The standard InChI is InChI=1S/C15H13O/c1-16-10-15-13-8-4-2-6-11(13)12-7-3-5-9-14(12)15/h2-9,15H,1,10H2/q+1. The van der Waals surface area contributed by atoms with Gasteiger partial charge in [-0.1, -0.05) is 48.5 Å². The molecule has 3 rings (SSSR count). The average Bonchev–Trinajstić information content (AvgIpc) is 2.66. The van der Waals surface area contributed by atoms with Crippen molar-refractivity contribution in [2.45, 2.75) is 5.92 Å². The minimum Gasteiger partial charge on any atom is -0.198 e. The molecule has 0 amide bonds. The van der Waals surface area contributed by atoms with Crippen LogP contribution in [0.1, 0.15) is 17.0 Å². The summed E-state index contributed by atoms with van der Waals surface area (Å²) in [4.78, 5) is 0. The highest BCUT2D eigenvalue weighted by atomic mass is 16.5. The molecule has 0 spiro atoms. The summed E-state index contributed by atoms with van der Waals surface area (Å²) >= 11 is 0. The number of fused-ring (bicyclic) bond motifs is 3. The van der Waals surface area contributed by atoms with Crippen molar-refractivity contribution in [1.82, 2.24) is 0 Å². The average molecular weight is 209 g/mol. The second-order valence-electron chi connectivity index (χ2n) is 4.10. The lowest BCUT2D eigenvalue weighted by atomic mass is 9.98. The summed E-state index contributed by atoms with van der Waals surface area (Å²) in [7, 11) is 3.50. The maximum Gasteiger partial charge on any atom is 0.213 e. The predicted octanol–water partition coefficient (Wildman–Crippen LogP) is 3.61. The van der Waals surface area contributed by atoms with Gasteiger partial charge in [-0.05, 0) is 22.3 Å². The van der Waals surface area contributed by atoms with E-state index in [4.69, 9.17) is 4.74 Å². The maximum absolute atomic E-state index is 5.09. The number of hydrogen-bond acceptors (Lipinski definition) is 1. The van der Waals surface area contributed by atoms with E-state index in [1.807, 2.05) is 0 Å². The Bertz CT molecular complexity index is 471. The Morgan fingerprint density at radius 3 is 1.88 bits per heavy atom. The van der Waals surface area contributed by atoms with Crippen LogP contribution >= 0.6 is 0 Å². The Labute approximate surface area is 95.7 Å². The second-order valence-corrected chi connectivity index (χ2v) is 4.10. The molecule has 16 heavy (non-hydrogen) atoms. The van der Waals surface area contributed by atoms with Gasteiger partial charge in [0.1, 0.15) is 6.61 Å². The summed E-state index contributed by atoms with van der Waals surface area (Å²) < 4.78 is 5.09. The van der Waals surface area contributed by atoms with E-state index >= 15 is 0 Å². The zero-order valence-electron chi connectivity index (χ0n) is 9.02. The minimum absolute atomic E-state index is 0.338. The van der Waals surface area contributed by atoms with Gasteiger partial charge in [0.05, 0.1) is 0 Å². The number of hydrogen-bond donors (Lipinski definition) is 0. The minimum atomic E-state index is 0.338. The van der Waals surface area contributed by atoms with E-state index in [0.29, 0.717) is 12.5 Å². The van der Waals surface area contributed by atoms with Crippen molar-refractivity contribution in [2.24, 2.45) is 0 Å². The maximum atomic E-state index is 5.09. The molecule has 0 aliphatic heterocycles. The molecule has 0 saturated carbocycles. The van der Waals surface area contributed by atoms with Crippen molar-refractivity contribution in [2.75, 3.05) is 6.61 Å². The third-order valence-electron chi connectivity index (χ3n) is 3.25. The second kappa shape index (κ2) is 3.69. The zero-order valence-corrected chi connectivity index (χ0v) is 9.02. The molecule has 0 unspecified atom stereocenters. The van der Waals surface area contributed by atoms with E-state index in [9.17, 15) is 0 Å². The summed E-state index contributed by atoms with van der Waals surface area (Å²) in [5.74, 6) is 0.338. The highest BCUT2D eigenvalue weighted by Crippen LogP contribution is 2.44. The fraction of sp³-hybridized carbons (Fsp3) is 0.133. The van der Waals surface area contributed by atoms with E-state index < -0.39 is 0 Å². The van der Waals surface area contributed by atoms with E-state index in [1.54, 1.807) is 0 Å². The van der Waals surface area contributed by atoms with Gasteiger partial charge >= 0.3 is 0 Å². The van der Waals surface area contributed by atoms with Gasteiger partial charge in [0.25, 0.3) is 0 Å². The lowest BCUT2D eigenvalue weighted by Gasteiger charge is -2.08. The summed E-state index contributed by atoms with van der Waals surface area (Å²) in [6.07, 6.45) is 0. The van der Waals surface area contributed by atoms with E-state index in [-0.39, 0.29) is 0 Å². The lowest BCUT2D eigenvalue weighted by Crippen LogP contribution is -2.03. The third kappa shape index (κ3) is 1.25. The van der Waals surface area contributed by atoms with Crippen LogP contribution in [0.2, 0.25) is 0 Å². The molecule has 0 heterocycles. The van der Waals surface area contributed by atoms with Crippen molar-refractivity contribution in [1.29, 1.82) is 0 Å². The summed E-state index contributed by atoms with van der Waals surface area (Å²) in [5, 5.41) is 0. The molecule has 0 saturated heterocycles. The van der Waals surface area contributed by atoms with Gasteiger partial charge in [-0.2, -0.15) is 4.74 Å². The van der Waals surface area contributed by atoms with Crippen LogP contribution in [0, 0.1) is 7.11 Å². The molecular weight excluding hydrogens is 196 g/mol. The summed E-state index contributed by atoms with van der Waals surface area (Å²) in [5.41, 5.74) is 5.38. The fourth-order valence-corrected chi connectivity index (χ4v) is 2.56. The van der Waals surface area contributed by atoms with E-state index in [0.717, 1.165) is 0 Å². The molecule has 0 atom stereocenters. The highest BCUT2D eigenvalue weighted by Gasteiger charge is 2.28. The van der Waals surface area contributed by atoms with Crippen molar-refractivity contribution in [3.8, 4) is 11.1 Å². The molecule has 1 aliphatic carbocycles. The van der Waals surface area contributed by atoms with Crippen LogP contribution in [0.4, 0.5) is 0 Å². The Hall–Kier alpha value is -1.73. The molecule has 0 aromatic heterocycles. The largest absolute Gasteiger partial charge is 0.213 e. The van der Waals surface area contributed by atoms with Crippen molar-refractivity contribution in [3.05, 3.63) is 66.8 Å². The van der Waals surface area contributed by atoms with Gasteiger partial charge in [0.2, 0.25) is 7.11 Å². The first-order valence-electron chi connectivity index (χ1n) is 5.47. The van der Waals surface area contributed by atoms with Crippen molar-refractivity contribution >= 4 is 0 Å². The molecule has 78 valence electrons. The fourth-order valence-electron chi connectivity index (χ4n) is 2.56. The Kier molecular flexibility index (Phi) is 2.19. The first-order valence-corrected chi connectivity index (χ1v) is 5.47. The van der Waals surface area contributed by atoms with Crippen LogP contribution < -0.4 is 0 Å². The summed E-state index contributed by atoms with van der Waals surface area (Å²) in [6, 6.07) is 17.1. The Morgan fingerprint density at radius 2 is 1.38 bits per heavy atom. The molecule has 1 nitrogen and oxygen atoms in total. The molecule has 2 aromatic carbocycles. The number of ether oxygens (including phenoxy) is 1. The molecule has 0 N–H and O–H groups in total. The van der Waals surface area contributed by atoms with Crippen molar-refractivity contribution < 1.29 is 4.74 Å². The molecule has 2 aromatic rings. The Balaban J connectivity index is 2.21. The quantitative estimate of drug-likeness (QED) is 0.686. The van der Waals surface area contributed by atoms with Gasteiger partial charge in [-0.25, -0.2) is 0 Å². The molecule has 1 aliphatic rings. The highest BCUT2D eigenvalue weighted by molar-refractivity contribution is 5.78. The number of benzene rings is 2. The van der Waals surface area contributed by atoms with Gasteiger partial charge < -0.3 is 0 Å². The van der Waals surface area contributed by atoms with Gasteiger partial charge in [-0.15, -0.1) is 0 Å². The SMILES string of the molecule is [CH2+]OCC1c2ccccc2-c2ccccc21. The van der Waals surface area contributed by atoms with E-state index in [2.05, 4.69) is 55.6 Å². The van der Waals surface area contributed by atoms with Gasteiger partial charge in [0.15, 0.2) is 0 Å². The van der Waals surface area contributed by atoms with Crippen LogP contribution in [0.25, 0.3) is 11.1 Å². The van der Waals surface area contributed by atoms with Crippen LogP contribution in [0.15, 0.2) is 48.5 Å². The molecule has 1 heteroatoms. The summed E-state index contributed by atoms with van der Waals surface area (Å²) in [6.45, 7) is 0.647. The molecular formula is C15H13O+. The van der Waals surface area contributed by atoms with Crippen LogP contribution in [-0.4, -0.2) is 6.61 Å². The first-order chi connectivity index (χ1) is 7.92. The molecule has 0 bridgehead atoms. The smallest absolute Gasteiger partial charge is 0.198 e. The topological polar surface area (TPSA) is 9.23 Å². The van der Waals surface area contributed by atoms with Crippen LogP contribution in [0.3, 0.4) is 0 Å². The monoisotopic (exact) mass is 209 g/mol. The molecule has 0 radical (unpaired) electrons. The van der Waals surface area contributed by atoms with Gasteiger partial charge in [0, 0.05) is 5.92 Å². The van der Waals surface area contributed by atoms with E-state index in [1.165, 1.54) is 22.3 Å². The third-order valence-corrected chi connectivity index (χ3v) is 3.25. The molecule has 0 fully saturated rings. The van der Waals surface area contributed by atoms with Crippen LogP contribution in [0.5, 0.6) is 0 Å². The number of rotatable bonds is 2. The predicted molar refractivity (Wildman–Crippen MR) is 65.0 cm³/mol. The van der Waals surface area contributed by atoms with Gasteiger partial charge in [-0.3, -0.25) is 0 Å². The lowest BCUT2D eigenvalue weighted by molar-refractivity contribution is 0.232. The Morgan fingerprint density at radius 1 is 0.875 bits per heavy atom. The van der Waals surface area contributed by atoms with Crippen molar-refractivity contribution in [3.63, 3.8) is 0 Å². The van der Waals surface area contributed by atoms with Crippen LogP contribution in [-0.2, 0) is 4.74 Å². The zero-order chi connectivity index (χ0) is 11.0. The first kappa shape index (κ1) is 9.49.